The Morgan fingerprint density at radius 1 is 1.18 bits per heavy atom. The summed E-state index contributed by atoms with van der Waals surface area (Å²) in [5.74, 6) is -0.303. The van der Waals surface area contributed by atoms with Crippen LogP contribution in [0.5, 0.6) is 0 Å². The standard InChI is InChI=1S/C14H12O3/c1-16-14(15)13-12(17-13)11-7-6-9-4-2-3-5-10(9)8-11/h2-8,12-13H,1H3. The van der Waals surface area contributed by atoms with Gasteiger partial charge in [0.2, 0.25) is 0 Å². The Labute approximate surface area is 99.0 Å². The smallest absolute Gasteiger partial charge is 0.338 e. The van der Waals surface area contributed by atoms with E-state index in [0.29, 0.717) is 0 Å². The first-order chi connectivity index (χ1) is 8.29. The third-order valence-electron chi connectivity index (χ3n) is 3.03. The monoisotopic (exact) mass is 228 g/mol. The predicted molar refractivity (Wildman–Crippen MR) is 63.6 cm³/mol. The summed E-state index contributed by atoms with van der Waals surface area (Å²) in [7, 11) is 1.38. The van der Waals surface area contributed by atoms with Crippen molar-refractivity contribution in [1.29, 1.82) is 0 Å². The lowest BCUT2D eigenvalue weighted by Crippen LogP contribution is -2.09. The van der Waals surface area contributed by atoms with Gasteiger partial charge in [-0.05, 0) is 22.4 Å². The molecular formula is C14H12O3. The summed E-state index contributed by atoms with van der Waals surface area (Å²) in [5.41, 5.74) is 1.03. The second-order valence-electron chi connectivity index (χ2n) is 4.11. The molecule has 1 aliphatic rings. The number of benzene rings is 2. The lowest BCUT2D eigenvalue weighted by atomic mass is 10.0. The fourth-order valence-corrected chi connectivity index (χ4v) is 2.05. The van der Waals surface area contributed by atoms with E-state index in [1.54, 1.807) is 0 Å². The summed E-state index contributed by atoms with van der Waals surface area (Å²) < 4.78 is 9.98. The molecule has 3 rings (SSSR count). The molecule has 0 aliphatic carbocycles. The van der Waals surface area contributed by atoms with Crippen LogP contribution in [0.3, 0.4) is 0 Å². The Bertz CT molecular complexity index is 576. The maximum atomic E-state index is 11.3. The molecule has 2 unspecified atom stereocenters. The molecule has 1 heterocycles. The highest BCUT2D eigenvalue weighted by Crippen LogP contribution is 2.40. The Hall–Kier alpha value is -1.87. The van der Waals surface area contributed by atoms with E-state index in [1.165, 1.54) is 12.5 Å². The Kier molecular flexibility index (Phi) is 2.34. The SMILES string of the molecule is COC(=O)C1OC1c1ccc2ccccc2c1. The first-order valence-corrected chi connectivity index (χ1v) is 5.51. The van der Waals surface area contributed by atoms with E-state index < -0.39 is 6.10 Å². The average Bonchev–Trinajstić information content (AvgIpc) is 3.17. The topological polar surface area (TPSA) is 38.8 Å². The van der Waals surface area contributed by atoms with Gasteiger partial charge in [-0.15, -0.1) is 0 Å². The lowest BCUT2D eigenvalue weighted by molar-refractivity contribution is -0.142. The quantitative estimate of drug-likeness (QED) is 0.585. The summed E-state index contributed by atoms with van der Waals surface area (Å²) in [5, 5.41) is 2.34. The number of ether oxygens (including phenoxy) is 2. The van der Waals surface area contributed by atoms with E-state index >= 15 is 0 Å². The summed E-state index contributed by atoms with van der Waals surface area (Å²) in [6.07, 6.45) is -0.576. The van der Waals surface area contributed by atoms with Crippen LogP contribution in [-0.2, 0) is 14.3 Å². The van der Waals surface area contributed by atoms with E-state index in [-0.39, 0.29) is 12.1 Å². The molecule has 0 bridgehead atoms. The fraction of sp³-hybridized carbons (Fsp3) is 0.214. The molecule has 0 saturated carbocycles. The molecular weight excluding hydrogens is 216 g/mol. The largest absolute Gasteiger partial charge is 0.467 e. The zero-order valence-electron chi connectivity index (χ0n) is 9.42. The average molecular weight is 228 g/mol. The third-order valence-corrected chi connectivity index (χ3v) is 3.03. The van der Waals surface area contributed by atoms with E-state index in [4.69, 9.17) is 4.74 Å². The van der Waals surface area contributed by atoms with Crippen molar-refractivity contribution in [3.63, 3.8) is 0 Å². The first-order valence-electron chi connectivity index (χ1n) is 5.51. The minimum Gasteiger partial charge on any atom is -0.467 e. The zero-order chi connectivity index (χ0) is 11.8. The highest BCUT2D eigenvalue weighted by molar-refractivity contribution is 5.84. The van der Waals surface area contributed by atoms with Gasteiger partial charge in [0.05, 0.1) is 7.11 Å². The number of fused-ring (bicyclic) bond motifs is 1. The molecule has 2 atom stereocenters. The molecule has 1 fully saturated rings. The van der Waals surface area contributed by atoms with E-state index in [1.807, 2.05) is 30.3 Å². The first kappa shape index (κ1) is 10.3. The van der Waals surface area contributed by atoms with Crippen LogP contribution < -0.4 is 0 Å². The van der Waals surface area contributed by atoms with Crippen molar-refractivity contribution in [3.8, 4) is 0 Å². The second-order valence-corrected chi connectivity index (χ2v) is 4.11. The van der Waals surface area contributed by atoms with E-state index in [9.17, 15) is 4.79 Å². The number of hydrogen-bond donors (Lipinski definition) is 0. The van der Waals surface area contributed by atoms with E-state index in [2.05, 4.69) is 16.9 Å². The number of carbonyl (C=O) groups excluding carboxylic acids is 1. The Morgan fingerprint density at radius 2 is 1.94 bits per heavy atom. The van der Waals surface area contributed by atoms with Crippen molar-refractivity contribution in [2.24, 2.45) is 0 Å². The molecule has 2 aromatic rings. The summed E-state index contributed by atoms with van der Waals surface area (Å²) in [6, 6.07) is 14.2. The fourth-order valence-electron chi connectivity index (χ4n) is 2.05. The molecule has 1 saturated heterocycles. The minimum absolute atomic E-state index is 0.146. The van der Waals surface area contributed by atoms with Gasteiger partial charge in [0.1, 0.15) is 6.10 Å². The van der Waals surface area contributed by atoms with Gasteiger partial charge in [-0.2, -0.15) is 0 Å². The van der Waals surface area contributed by atoms with Gasteiger partial charge >= 0.3 is 5.97 Å². The summed E-state index contributed by atoms with van der Waals surface area (Å²) in [6.45, 7) is 0. The molecule has 3 nitrogen and oxygen atoms in total. The summed E-state index contributed by atoms with van der Waals surface area (Å²) >= 11 is 0. The minimum atomic E-state index is -0.429. The van der Waals surface area contributed by atoms with Crippen LogP contribution in [0, 0.1) is 0 Å². The third kappa shape index (κ3) is 1.78. The van der Waals surface area contributed by atoms with Crippen molar-refractivity contribution >= 4 is 16.7 Å². The van der Waals surface area contributed by atoms with Gasteiger partial charge in [0.15, 0.2) is 6.10 Å². The number of hydrogen-bond acceptors (Lipinski definition) is 3. The lowest BCUT2D eigenvalue weighted by Gasteiger charge is -2.00. The summed E-state index contributed by atoms with van der Waals surface area (Å²) in [4.78, 5) is 11.3. The van der Waals surface area contributed by atoms with Gasteiger partial charge in [0.25, 0.3) is 0 Å². The van der Waals surface area contributed by atoms with Crippen LogP contribution in [0.1, 0.15) is 11.7 Å². The maximum Gasteiger partial charge on any atom is 0.338 e. The second kappa shape index (κ2) is 3.86. The highest BCUT2D eigenvalue weighted by atomic mass is 16.6. The molecule has 0 aromatic heterocycles. The predicted octanol–water partition coefficient (Wildman–Crippen LogP) is 2.45. The normalized spacial score (nSPS) is 22.4. The van der Waals surface area contributed by atoms with Crippen molar-refractivity contribution in [2.45, 2.75) is 12.2 Å². The van der Waals surface area contributed by atoms with Gasteiger partial charge in [-0.1, -0.05) is 36.4 Å². The molecule has 0 N–H and O–H groups in total. The molecule has 1 aliphatic heterocycles. The van der Waals surface area contributed by atoms with Crippen molar-refractivity contribution < 1.29 is 14.3 Å². The Morgan fingerprint density at radius 3 is 2.71 bits per heavy atom. The zero-order valence-corrected chi connectivity index (χ0v) is 9.42. The number of methoxy groups -OCH3 is 1. The van der Waals surface area contributed by atoms with Crippen LogP contribution in [0.4, 0.5) is 0 Å². The molecule has 3 heteroatoms. The number of rotatable bonds is 2. The molecule has 0 radical (unpaired) electrons. The molecule has 0 spiro atoms. The van der Waals surface area contributed by atoms with Gasteiger partial charge in [0, 0.05) is 0 Å². The van der Waals surface area contributed by atoms with Crippen molar-refractivity contribution in [3.05, 3.63) is 48.0 Å². The van der Waals surface area contributed by atoms with Crippen molar-refractivity contribution in [2.75, 3.05) is 7.11 Å². The number of carbonyl (C=O) groups is 1. The molecule has 86 valence electrons. The maximum absolute atomic E-state index is 11.3. The highest BCUT2D eigenvalue weighted by Gasteiger charge is 2.47. The van der Waals surface area contributed by atoms with Gasteiger partial charge in [-0.3, -0.25) is 0 Å². The van der Waals surface area contributed by atoms with Crippen LogP contribution in [0.15, 0.2) is 42.5 Å². The van der Waals surface area contributed by atoms with Gasteiger partial charge in [-0.25, -0.2) is 4.79 Å². The van der Waals surface area contributed by atoms with Crippen LogP contribution >= 0.6 is 0 Å². The molecule has 17 heavy (non-hydrogen) atoms. The number of epoxide rings is 1. The van der Waals surface area contributed by atoms with Crippen LogP contribution in [-0.4, -0.2) is 19.2 Å². The molecule has 0 amide bonds. The Balaban J connectivity index is 1.90. The molecule has 2 aromatic carbocycles. The van der Waals surface area contributed by atoms with Crippen molar-refractivity contribution in [1.82, 2.24) is 0 Å². The van der Waals surface area contributed by atoms with E-state index in [0.717, 1.165) is 10.9 Å². The van der Waals surface area contributed by atoms with Crippen LogP contribution in [0.2, 0.25) is 0 Å². The number of esters is 1. The van der Waals surface area contributed by atoms with Crippen LogP contribution in [0.25, 0.3) is 10.8 Å². The van der Waals surface area contributed by atoms with Gasteiger partial charge < -0.3 is 9.47 Å².